The van der Waals surface area contributed by atoms with Crippen LogP contribution in [-0.2, 0) is 4.79 Å². The first-order chi connectivity index (χ1) is 14.7. The van der Waals surface area contributed by atoms with Gasteiger partial charge in [0, 0.05) is 44.8 Å². The number of carbonyl (C=O) groups is 1. The van der Waals surface area contributed by atoms with E-state index in [-0.39, 0.29) is 18.5 Å². The second-order valence-electron chi connectivity index (χ2n) is 6.81. The predicted molar refractivity (Wildman–Crippen MR) is 111 cm³/mol. The Morgan fingerprint density at radius 1 is 1.00 bits per heavy atom. The highest BCUT2D eigenvalue weighted by molar-refractivity contribution is 5.78. The minimum Gasteiger partial charge on any atom is -0.453 e. The van der Waals surface area contributed by atoms with E-state index in [0.29, 0.717) is 32.0 Å². The number of rotatable bonds is 6. The molecule has 1 saturated heterocycles. The first-order valence-electron chi connectivity index (χ1n) is 9.63. The average molecular weight is 406 g/mol. The first-order valence-corrected chi connectivity index (χ1v) is 9.63. The number of nitrogens with zero attached hydrogens (tertiary/aromatic N) is 7. The molecular formula is C20H22N8O2. The van der Waals surface area contributed by atoms with Crippen molar-refractivity contribution in [2.45, 2.75) is 6.92 Å². The summed E-state index contributed by atoms with van der Waals surface area (Å²) in [6.07, 6.45) is 4.94. The Morgan fingerprint density at radius 2 is 1.77 bits per heavy atom. The van der Waals surface area contributed by atoms with Crippen molar-refractivity contribution in [3.8, 4) is 6.01 Å². The van der Waals surface area contributed by atoms with Crippen LogP contribution in [0.4, 0.5) is 17.5 Å². The van der Waals surface area contributed by atoms with Crippen LogP contribution in [0.3, 0.4) is 0 Å². The van der Waals surface area contributed by atoms with E-state index in [1.807, 2.05) is 31.2 Å². The quantitative estimate of drug-likeness (QED) is 0.650. The van der Waals surface area contributed by atoms with Gasteiger partial charge in [-0.25, -0.2) is 15.0 Å². The summed E-state index contributed by atoms with van der Waals surface area (Å²) in [5.74, 6) is 2.04. The van der Waals surface area contributed by atoms with Crippen molar-refractivity contribution >= 4 is 23.4 Å². The van der Waals surface area contributed by atoms with E-state index in [1.165, 1.54) is 0 Å². The summed E-state index contributed by atoms with van der Waals surface area (Å²) >= 11 is 0. The number of hydrogen-bond donors (Lipinski definition) is 1. The zero-order valence-corrected chi connectivity index (χ0v) is 16.6. The van der Waals surface area contributed by atoms with Gasteiger partial charge < -0.3 is 19.9 Å². The van der Waals surface area contributed by atoms with Gasteiger partial charge in [0.1, 0.15) is 5.82 Å². The monoisotopic (exact) mass is 406 g/mol. The van der Waals surface area contributed by atoms with Crippen LogP contribution < -0.4 is 15.0 Å². The lowest BCUT2D eigenvalue weighted by atomic mass is 10.3. The molecule has 0 radical (unpaired) electrons. The molecule has 1 aliphatic rings. The number of aryl methyl sites for hydroxylation is 1. The van der Waals surface area contributed by atoms with Crippen molar-refractivity contribution in [3.05, 3.63) is 54.5 Å². The highest BCUT2D eigenvalue weighted by atomic mass is 16.5. The van der Waals surface area contributed by atoms with Crippen LogP contribution in [-0.4, -0.2) is 68.7 Å². The van der Waals surface area contributed by atoms with Crippen LogP contribution in [0.5, 0.6) is 6.01 Å². The molecule has 10 heteroatoms. The van der Waals surface area contributed by atoms with E-state index >= 15 is 0 Å². The zero-order chi connectivity index (χ0) is 20.8. The topological polar surface area (TPSA) is 109 Å². The SMILES string of the molecule is Cc1ccc(Nc2ccc(N3CCN(C(=O)COc4ncccn4)CC3)nn2)nc1. The van der Waals surface area contributed by atoms with Crippen LogP contribution in [0.2, 0.25) is 0 Å². The van der Waals surface area contributed by atoms with Gasteiger partial charge in [0.05, 0.1) is 0 Å². The molecule has 1 aliphatic heterocycles. The van der Waals surface area contributed by atoms with Crippen LogP contribution in [0.15, 0.2) is 48.9 Å². The molecule has 1 amide bonds. The number of nitrogens with one attached hydrogen (secondary N) is 1. The molecule has 0 aromatic carbocycles. The van der Waals surface area contributed by atoms with E-state index < -0.39 is 0 Å². The van der Waals surface area contributed by atoms with Gasteiger partial charge in [0.2, 0.25) is 0 Å². The summed E-state index contributed by atoms with van der Waals surface area (Å²) in [5, 5.41) is 11.7. The summed E-state index contributed by atoms with van der Waals surface area (Å²) in [6, 6.07) is 9.56. The number of pyridine rings is 1. The Hall–Kier alpha value is -3.82. The molecule has 1 N–H and O–H groups in total. The summed E-state index contributed by atoms with van der Waals surface area (Å²) in [6.45, 7) is 4.45. The van der Waals surface area contributed by atoms with Crippen LogP contribution >= 0.6 is 0 Å². The van der Waals surface area contributed by atoms with Crippen LogP contribution in [0.25, 0.3) is 0 Å². The van der Waals surface area contributed by atoms with Gasteiger partial charge in [-0.15, -0.1) is 10.2 Å². The van der Waals surface area contributed by atoms with Crippen LogP contribution in [0, 0.1) is 6.92 Å². The summed E-state index contributed by atoms with van der Waals surface area (Å²) in [4.78, 5) is 28.4. The van der Waals surface area contributed by atoms with Crippen molar-refractivity contribution in [1.29, 1.82) is 0 Å². The van der Waals surface area contributed by atoms with Gasteiger partial charge in [-0.2, -0.15) is 0 Å². The maximum Gasteiger partial charge on any atom is 0.316 e. The van der Waals surface area contributed by atoms with Crippen LogP contribution in [0.1, 0.15) is 5.56 Å². The van der Waals surface area contributed by atoms with E-state index in [0.717, 1.165) is 17.2 Å². The Balaban J connectivity index is 1.26. The van der Waals surface area contributed by atoms with Gasteiger partial charge in [-0.05, 0) is 36.8 Å². The fourth-order valence-corrected chi connectivity index (χ4v) is 3.00. The summed E-state index contributed by atoms with van der Waals surface area (Å²) < 4.78 is 5.34. The zero-order valence-electron chi connectivity index (χ0n) is 16.6. The molecule has 0 aliphatic carbocycles. The largest absolute Gasteiger partial charge is 0.453 e. The Kier molecular flexibility index (Phi) is 5.93. The van der Waals surface area contributed by atoms with E-state index in [1.54, 1.807) is 29.6 Å². The number of carbonyl (C=O) groups excluding carboxylic acids is 1. The molecule has 4 rings (SSSR count). The lowest BCUT2D eigenvalue weighted by molar-refractivity contribution is -0.133. The first kappa shape index (κ1) is 19.5. The molecule has 0 bridgehead atoms. The van der Waals surface area contributed by atoms with Gasteiger partial charge in [-0.3, -0.25) is 4.79 Å². The van der Waals surface area contributed by atoms with Crippen molar-refractivity contribution in [2.24, 2.45) is 0 Å². The molecule has 154 valence electrons. The van der Waals surface area contributed by atoms with E-state index in [9.17, 15) is 4.79 Å². The normalized spacial score (nSPS) is 13.8. The third-order valence-electron chi connectivity index (χ3n) is 4.64. The number of anilines is 3. The highest BCUT2D eigenvalue weighted by Gasteiger charge is 2.22. The number of ether oxygens (including phenoxy) is 1. The number of amides is 1. The Labute approximate surface area is 174 Å². The van der Waals surface area contributed by atoms with E-state index in [4.69, 9.17) is 4.74 Å². The minimum absolute atomic E-state index is 0.0722. The lowest BCUT2D eigenvalue weighted by Crippen LogP contribution is -2.50. The van der Waals surface area contributed by atoms with Crippen molar-refractivity contribution < 1.29 is 9.53 Å². The van der Waals surface area contributed by atoms with Crippen molar-refractivity contribution in [1.82, 2.24) is 30.0 Å². The highest BCUT2D eigenvalue weighted by Crippen LogP contribution is 2.17. The van der Waals surface area contributed by atoms with Gasteiger partial charge in [0.25, 0.3) is 5.91 Å². The molecule has 0 unspecified atom stereocenters. The summed E-state index contributed by atoms with van der Waals surface area (Å²) in [7, 11) is 0. The molecule has 3 aromatic heterocycles. The molecule has 3 aromatic rings. The maximum absolute atomic E-state index is 12.3. The van der Waals surface area contributed by atoms with E-state index in [2.05, 4.69) is 35.4 Å². The lowest BCUT2D eigenvalue weighted by Gasteiger charge is -2.35. The van der Waals surface area contributed by atoms with Crippen molar-refractivity contribution in [2.75, 3.05) is 43.0 Å². The second kappa shape index (κ2) is 9.12. The molecule has 0 spiro atoms. The minimum atomic E-state index is -0.0849. The number of hydrogen-bond acceptors (Lipinski definition) is 9. The standard InChI is InChI=1S/C20H22N8O2/c1-15-3-4-16(23-13-15)24-17-5-6-18(26-25-17)27-9-11-28(12-10-27)19(29)14-30-20-21-7-2-8-22-20/h2-8,13H,9-12,14H2,1H3,(H,23,24,25). The van der Waals surface area contributed by atoms with Crippen molar-refractivity contribution in [3.63, 3.8) is 0 Å². The number of piperazine rings is 1. The molecular weight excluding hydrogens is 384 g/mol. The summed E-state index contributed by atoms with van der Waals surface area (Å²) in [5.41, 5.74) is 1.10. The smallest absolute Gasteiger partial charge is 0.316 e. The third kappa shape index (κ3) is 4.96. The fourth-order valence-electron chi connectivity index (χ4n) is 3.00. The molecule has 1 fully saturated rings. The predicted octanol–water partition coefficient (Wildman–Crippen LogP) is 1.44. The molecule has 4 heterocycles. The molecule has 0 saturated carbocycles. The second-order valence-corrected chi connectivity index (χ2v) is 6.81. The Morgan fingerprint density at radius 3 is 2.43 bits per heavy atom. The van der Waals surface area contributed by atoms with Gasteiger partial charge in [-0.1, -0.05) is 6.07 Å². The molecule has 30 heavy (non-hydrogen) atoms. The number of aromatic nitrogens is 5. The average Bonchev–Trinajstić information content (AvgIpc) is 2.80. The van der Waals surface area contributed by atoms with Gasteiger partial charge in [0.15, 0.2) is 18.2 Å². The Bertz CT molecular complexity index is 958. The van der Waals surface area contributed by atoms with Gasteiger partial charge >= 0.3 is 6.01 Å². The maximum atomic E-state index is 12.3. The third-order valence-corrected chi connectivity index (χ3v) is 4.64. The fraction of sp³-hybridized carbons (Fsp3) is 0.300. The molecule has 10 nitrogen and oxygen atoms in total. The molecule has 0 atom stereocenters.